The Morgan fingerprint density at radius 1 is 1.36 bits per heavy atom. The topological polar surface area (TPSA) is 97.3 Å². The maximum Gasteiger partial charge on any atom is 0.125 e. The largest absolute Gasteiger partial charge is 0.744 e. The van der Waals surface area contributed by atoms with Gasteiger partial charge in [0.25, 0.3) is 0 Å². The van der Waals surface area contributed by atoms with Crippen molar-refractivity contribution in [2.24, 2.45) is 0 Å². The van der Waals surface area contributed by atoms with Gasteiger partial charge in [0.15, 0.2) is 0 Å². The summed E-state index contributed by atoms with van der Waals surface area (Å²) in [4.78, 5) is 9.82. The third kappa shape index (κ3) is 1.91. The molecule has 0 radical (unpaired) electrons. The summed E-state index contributed by atoms with van der Waals surface area (Å²) in [5.74, 6) is -1.67. The summed E-state index contributed by atoms with van der Waals surface area (Å²) in [6, 6.07) is 3.63. The Morgan fingerprint density at radius 3 is 2.29 bits per heavy atom. The van der Waals surface area contributed by atoms with E-state index in [1.54, 1.807) is 0 Å². The molecule has 0 N–H and O–H groups in total. The minimum Gasteiger partial charge on any atom is -0.744 e. The van der Waals surface area contributed by atoms with Crippen LogP contribution in [0, 0.1) is 6.92 Å². The number of benzene rings is 1. The molecule has 1 aromatic carbocycles. The van der Waals surface area contributed by atoms with Gasteiger partial charge in [-0.2, -0.15) is 0 Å². The second kappa shape index (κ2) is 3.39. The van der Waals surface area contributed by atoms with Crippen LogP contribution in [0.1, 0.15) is 15.9 Å². The van der Waals surface area contributed by atoms with E-state index in [1.165, 1.54) is 19.1 Å². The first-order valence-corrected chi connectivity index (χ1v) is 5.01. The summed E-state index contributed by atoms with van der Waals surface area (Å²) in [6.45, 7) is 1.39. The van der Waals surface area contributed by atoms with Crippen LogP contribution in [0.2, 0.25) is 0 Å². The fourth-order valence-electron chi connectivity index (χ4n) is 1.11. The van der Waals surface area contributed by atoms with Gasteiger partial charge in [-0.25, -0.2) is 8.42 Å². The Hall–Kier alpha value is -1.40. The molecular formula is C8H6O5S-2. The normalized spacial score (nSPS) is 11.3. The Bertz CT molecular complexity index is 475. The molecule has 0 aliphatic rings. The average Bonchev–Trinajstić information content (AvgIpc) is 2.01. The fourth-order valence-corrected chi connectivity index (χ4v) is 1.85. The first kappa shape index (κ1) is 10.7. The lowest BCUT2D eigenvalue weighted by Gasteiger charge is -2.15. The molecule has 76 valence electrons. The summed E-state index contributed by atoms with van der Waals surface area (Å²) in [5, 5.41) is 10.6. The molecule has 0 aliphatic carbocycles. The molecule has 0 fully saturated rings. The predicted molar refractivity (Wildman–Crippen MR) is 43.5 cm³/mol. The van der Waals surface area contributed by atoms with Crippen molar-refractivity contribution < 1.29 is 22.9 Å². The van der Waals surface area contributed by atoms with Crippen molar-refractivity contribution in [2.75, 3.05) is 0 Å². The Balaban J connectivity index is 3.61. The van der Waals surface area contributed by atoms with E-state index in [1.807, 2.05) is 0 Å². The Morgan fingerprint density at radius 2 is 1.93 bits per heavy atom. The zero-order valence-corrected chi connectivity index (χ0v) is 8.00. The van der Waals surface area contributed by atoms with Crippen molar-refractivity contribution >= 4 is 16.1 Å². The third-order valence-electron chi connectivity index (χ3n) is 1.71. The van der Waals surface area contributed by atoms with Crippen LogP contribution in [-0.4, -0.2) is 18.9 Å². The first-order chi connectivity index (χ1) is 6.34. The lowest BCUT2D eigenvalue weighted by molar-refractivity contribution is -0.255. The molecular weight excluding hydrogens is 208 g/mol. The maximum absolute atomic E-state index is 10.7. The van der Waals surface area contributed by atoms with Crippen LogP contribution in [0.15, 0.2) is 23.1 Å². The van der Waals surface area contributed by atoms with Crippen molar-refractivity contribution in [3.63, 3.8) is 0 Å². The van der Waals surface area contributed by atoms with E-state index in [0.29, 0.717) is 0 Å². The minimum atomic E-state index is -4.77. The average molecular weight is 214 g/mol. The molecule has 1 rings (SSSR count). The quantitative estimate of drug-likeness (QED) is 0.604. The highest BCUT2D eigenvalue weighted by Crippen LogP contribution is 2.17. The molecule has 0 aliphatic heterocycles. The molecule has 0 heterocycles. The van der Waals surface area contributed by atoms with Gasteiger partial charge < -0.3 is 14.5 Å². The highest BCUT2D eigenvalue weighted by Gasteiger charge is 2.11. The zero-order valence-electron chi connectivity index (χ0n) is 7.18. The molecule has 0 atom stereocenters. The summed E-state index contributed by atoms with van der Waals surface area (Å²) in [6.07, 6.45) is 0. The standard InChI is InChI=1S/C8H8O5S/c1-5-3-2-4-6(14(11,12)13)7(5)8(9)10/h2-4H,1H3,(H,9,10)(H,11,12,13)/p-2. The Kier molecular flexibility index (Phi) is 2.59. The van der Waals surface area contributed by atoms with Crippen molar-refractivity contribution in [3.8, 4) is 0 Å². The summed E-state index contributed by atoms with van der Waals surface area (Å²) in [7, 11) is -4.77. The van der Waals surface area contributed by atoms with Crippen LogP contribution in [0.25, 0.3) is 0 Å². The van der Waals surface area contributed by atoms with Gasteiger partial charge in [0.05, 0.1) is 10.9 Å². The van der Waals surface area contributed by atoms with E-state index in [2.05, 4.69) is 0 Å². The van der Waals surface area contributed by atoms with Crippen molar-refractivity contribution in [2.45, 2.75) is 11.8 Å². The van der Waals surface area contributed by atoms with Crippen LogP contribution in [-0.2, 0) is 10.1 Å². The molecule has 0 aromatic heterocycles. The van der Waals surface area contributed by atoms with E-state index in [-0.39, 0.29) is 5.56 Å². The summed E-state index contributed by atoms with van der Waals surface area (Å²) in [5.41, 5.74) is -0.385. The van der Waals surface area contributed by atoms with E-state index in [9.17, 15) is 22.9 Å². The highest BCUT2D eigenvalue weighted by molar-refractivity contribution is 7.85. The third-order valence-corrected chi connectivity index (χ3v) is 2.59. The minimum absolute atomic E-state index is 0.182. The van der Waals surface area contributed by atoms with E-state index in [0.717, 1.165) is 6.07 Å². The van der Waals surface area contributed by atoms with Crippen molar-refractivity contribution in [3.05, 3.63) is 29.3 Å². The molecule has 0 spiro atoms. The predicted octanol–water partition coefficient (Wildman–Crippen LogP) is -0.737. The van der Waals surface area contributed by atoms with Gasteiger partial charge in [0, 0.05) is 5.56 Å². The van der Waals surface area contributed by atoms with Crippen LogP contribution in [0.3, 0.4) is 0 Å². The Labute approximate surface area is 80.7 Å². The molecule has 0 saturated carbocycles. The van der Waals surface area contributed by atoms with Crippen LogP contribution < -0.4 is 5.11 Å². The second-order valence-corrected chi connectivity index (χ2v) is 4.04. The van der Waals surface area contributed by atoms with E-state index < -0.39 is 26.5 Å². The number of hydrogen-bond acceptors (Lipinski definition) is 5. The van der Waals surface area contributed by atoms with Crippen molar-refractivity contribution in [1.29, 1.82) is 0 Å². The molecule has 1 aromatic rings. The van der Waals surface area contributed by atoms with Gasteiger partial charge in [-0.3, -0.25) is 0 Å². The lowest BCUT2D eigenvalue weighted by atomic mass is 10.1. The first-order valence-electron chi connectivity index (χ1n) is 3.61. The number of carbonyl (C=O) groups excluding carboxylic acids is 1. The number of carboxylic acid groups (broad SMARTS) is 1. The molecule has 5 nitrogen and oxygen atoms in total. The van der Waals surface area contributed by atoms with Gasteiger partial charge in [-0.05, 0) is 18.6 Å². The molecule has 14 heavy (non-hydrogen) atoms. The number of aryl methyl sites for hydroxylation is 1. The molecule has 0 amide bonds. The van der Waals surface area contributed by atoms with Crippen LogP contribution >= 0.6 is 0 Å². The van der Waals surface area contributed by atoms with Crippen LogP contribution in [0.5, 0.6) is 0 Å². The summed E-state index contributed by atoms with van der Waals surface area (Å²) >= 11 is 0. The van der Waals surface area contributed by atoms with Gasteiger partial charge in [-0.1, -0.05) is 12.1 Å². The maximum atomic E-state index is 10.7. The van der Waals surface area contributed by atoms with E-state index >= 15 is 0 Å². The number of rotatable bonds is 2. The van der Waals surface area contributed by atoms with Crippen molar-refractivity contribution in [1.82, 2.24) is 0 Å². The molecule has 0 bridgehead atoms. The highest BCUT2D eigenvalue weighted by atomic mass is 32.2. The monoisotopic (exact) mass is 214 g/mol. The number of carbonyl (C=O) groups is 1. The smallest absolute Gasteiger partial charge is 0.125 e. The van der Waals surface area contributed by atoms with Crippen LogP contribution in [0.4, 0.5) is 0 Å². The molecule has 6 heteroatoms. The van der Waals surface area contributed by atoms with Gasteiger partial charge in [-0.15, -0.1) is 0 Å². The number of aromatic carboxylic acids is 1. The van der Waals surface area contributed by atoms with Gasteiger partial charge in [0.1, 0.15) is 10.1 Å². The number of hydrogen-bond donors (Lipinski definition) is 0. The zero-order chi connectivity index (χ0) is 10.9. The molecule has 0 unspecified atom stereocenters. The van der Waals surface area contributed by atoms with E-state index in [4.69, 9.17) is 0 Å². The number of carboxylic acids is 1. The van der Waals surface area contributed by atoms with Gasteiger partial charge >= 0.3 is 0 Å². The second-order valence-electron chi connectivity index (χ2n) is 2.69. The van der Waals surface area contributed by atoms with Gasteiger partial charge in [0.2, 0.25) is 0 Å². The summed E-state index contributed by atoms with van der Waals surface area (Å²) < 4.78 is 32.0. The lowest BCUT2D eigenvalue weighted by Crippen LogP contribution is -2.25. The SMILES string of the molecule is Cc1cccc(S(=O)(=O)[O-])c1C(=O)[O-]. The molecule has 0 saturated heterocycles. The fraction of sp³-hybridized carbons (Fsp3) is 0.125.